The molecular formula is C29H50N2O3S. The Morgan fingerprint density at radius 1 is 0.971 bits per heavy atom. The summed E-state index contributed by atoms with van der Waals surface area (Å²) in [6, 6.07) is 6.03. The summed E-state index contributed by atoms with van der Waals surface area (Å²) < 4.78 is 11.1. The van der Waals surface area contributed by atoms with Gasteiger partial charge in [-0.3, -0.25) is 0 Å². The normalized spacial score (nSPS) is 12.1. The number of allylic oxidation sites excluding steroid dienone is 2. The smallest absolute Gasteiger partial charge is 0.254 e. The number of ether oxygens (including phenoxy) is 2. The largest absolute Gasteiger partial charge is 0.493 e. The number of hydrogen-bond acceptors (Lipinski definition) is 4. The van der Waals surface area contributed by atoms with Crippen molar-refractivity contribution >= 4 is 17.4 Å². The lowest BCUT2D eigenvalue weighted by Crippen LogP contribution is -2.35. The number of rotatable bonds is 22. The van der Waals surface area contributed by atoms with Gasteiger partial charge in [0, 0.05) is 12.6 Å². The molecule has 0 bridgehead atoms. The van der Waals surface area contributed by atoms with E-state index in [2.05, 4.69) is 24.4 Å². The molecule has 0 aliphatic heterocycles. The maximum atomic E-state index is 9.63. The Bertz CT molecular complexity index is 697. The van der Waals surface area contributed by atoms with Gasteiger partial charge in [-0.05, 0) is 68.4 Å². The van der Waals surface area contributed by atoms with E-state index in [1.807, 2.05) is 18.2 Å². The molecule has 200 valence electrons. The minimum Gasteiger partial charge on any atom is -0.493 e. The first-order valence-corrected chi connectivity index (χ1v) is 14.2. The molecule has 0 aliphatic rings. The third-order valence-corrected chi connectivity index (χ3v) is 6.35. The van der Waals surface area contributed by atoms with Crippen LogP contribution in [0.4, 0.5) is 0 Å². The van der Waals surface area contributed by atoms with Gasteiger partial charge in [0.05, 0.1) is 7.11 Å². The van der Waals surface area contributed by atoms with Crippen molar-refractivity contribution < 1.29 is 14.6 Å². The van der Waals surface area contributed by atoms with Crippen molar-refractivity contribution in [2.24, 2.45) is 5.73 Å². The van der Waals surface area contributed by atoms with Crippen LogP contribution in [-0.4, -0.2) is 36.6 Å². The van der Waals surface area contributed by atoms with Gasteiger partial charge in [-0.1, -0.05) is 82.9 Å². The maximum absolute atomic E-state index is 9.63. The molecule has 35 heavy (non-hydrogen) atoms. The summed E-state index contributed by atoms with van der Waals surface area (Å²) in [7, 11) is 1.64. The molecule has 1 aromatic carbocycles. The molecule has 4 N–H and O–H groups in total. The van der Waals surface area contributed by atoms with Crippen LogP contribution in [-0.2, 0) is 6.42 Å². The Morgan fingerprint density at radius 3 is 2.20 bits per heavy atom. The van der Waals surface area contributed by atoms with E-state index in [1.165, 1.54) is 77.0 Å². The highest BCUT2D eigenvalue weighted by Gasteiger charge is 2.13. The minimum atomic E-state index is -0.141. The van der Waals surface area contributed by atoms with Crippen LogP contribution in [0.1, 0.15) is 102 Å². The van der Waals surface area contributed by atoms with Crippen molar-refractivity contribution in [3.63, 3.8) is 0 Å². The second-order valence-electron chi connectivity index (χ2n) is 9.35. The predicted octanol–water partition coefficient (Wildman–Crippen LogP) is 7.41. The highest BCUT2D eigenvalue weighted by molar-refractivity contribution is 7.79. The topological polar surface area (TPSA) is 76.7 Å². The summed E-state index contributed by atoms with van der Waals surface area (Å²) in [5.41, 5.74) is 6.64. The van der Waals surface area contributed by atoms with Crippen molar-refractivity contribution in [1.82, 2.24) is 5.32 Å². The number of hydrogen-bond donors (Lipinski definition) is 3. The molecule has 0 heterocycles. The van der Waals surface area contributed by atoms with Gasteiger partial charge >= 0.3 is 0 Å². The maximum Gasteiger partial charge on any atom is 0.254 e. The molecule has 0 aromatic heterocycles. The zero-order chi connectivity index (χ0) is 25.6. The van der Waals surface area contributed by atoms with Crippen LogP contribution in [0.2, 0.25) is 0 Å². The van der Waals surface area contributed by atoms with Gasteiger partial charge in [0.1, 0.15) is 6.61 Å². The van der Waals surface area contributed by atoms with E-state index in [4.69, 9.17) is 27.4 Å². The first-order chi connectivity index (χ1) is 17.1. The van der Waals surface area contributed by atoms with Crippen LogP contribution in [0.25, 0.3) is 0 Å². The highest BCUT2D eigenvalue weighted by atomic mass is 32.1. The van der Waals surface area contributed by atoms with Gasteiger partial charge in [-0.2, -0.15) is 0 Å². The number of aliphatic hydroxyl groups is 1. The summed E-state index contributed by atoms with van der Waals surface area (Å²) >= 11 is 4.90. The molecule has 1 rings (SSSR count). The van der Waals surface area contributed by atoms with Crippen molar-refractivity contribution in [1.29, 1.82) is 0 Å². The Balaban J connectivity index is 2.24. The second-order valence-corrected chi connectivity index (χ2v) is 9.73. The summed E-state index contributed by atoms with van der Waals surface area (Å²) in [4.78, 5) is 0. The SMILES string of the molecule is CCCCCCCC/C=C\CCCCCCCC(Cc1ccc(OCCN)c(OC)c1)NC(O)=S. The Kier molecular flexibility index (Phi) is 19.2. The minimum absolute atomic E-state index is 0.0953. The molecule has 1 unspecified atom stereocenters. The van der Waals surface area contributed by atoms with E-state index in [0.29, 0.717) is 24.7 Å². The van der Waals surface area contributed by atoms with Crippen molar-refractivity contribution in [3.05, 3.63) is 35.9 Å². The molecule has 0 amide bonds. The monoisotopic (exact) mass is 506 g/mol. The van der Waals surface area contributed by atoms with Crippen LogP contribution < -0.4 is 20.5 Å². The molecule has 0 radical (unpaired) electrons. The van der Waals surface area contributed by atoms with Crippen LogP contribution >= 0.6 is 12.2 Å². The lowest BCUT2D eigenvalue weighted by molar-refractivity contribution is 0.302. The fourth-order valence-corrected chi connectivity index (χ4v) is 4.44. The van der Waals surface area contributed by atoms with Crippen LogP contribution in [0, 0.1) is 0 Å². The fraction of sp³-hybridized carbons (Fsp3) is 0.690. The predicted molar refractivity (Wildman–Crippen MR) is 153 cm³/mol. The first-order valence-electron chi connectivity index (χ1n) is 13.7. The third kappa shape index (κ3) is 16.5. The van der Waals surface area contributed by atoms with Crippen molar-refractivity contribution in [2.75, 3.05) is 20.3 Å². The lowest BCUT2D eigenvalue weighted by Gasteiger charge is -2.19. The summed E-state index contributed by atoms with van der Waals surface area (Å²) in [6.45, 7) is 3.18. The number of nitrogens with one attached hydrogen (secondary N) is 1. The van der Waals surface area contributed by atoms with Gasteiger partial charge in [0.15, 0.2) is 11.5 Å². The molecule has 6 heteroatoms. The van der Waals surface area contributed by atoms with E-state index in [9.17, 15) is 5.11 Å². The zero-order valence-corrected chi connectivity index (χ0v) is 23.1. The lowest BCUT2D eigenvalue weighted by atomic mass is 9.99. The second kappa shape index (κ2) is 21.5. The van der Waals surface area contributed by atoms with Gasteiger partial charge in [0.25, 0.3) is 5.17 Å². The Labute approximate surface area is 219 Å². The number of aliphatic hydroxyl groups excluding tert-OH is 1. The molecule has 0 fully saturated rings. The van der Waals surface area contributed by atoms with E-state index >= 15 is 0 Å². The average molecular weight is 507 g/mol. The Hall–Kier alpha value is -1.79. The van der Waals surface area contributed by atoms with Crippen molar-refractivity contribution in [3.8, 4) is 11.5 Å². The summed E-state index contributed by atoms with van der Waals surface area (Å²) in [5.74, 6) is 1.39. The molecule has 0 spiro atoms. The third-order valence-electron chi connectivity index (χ3n) is 6.23. The zero-order valence-electron chi connectivity index (χ0n) is 22.2. The molecule has 1 aromatic rings. The van der Waals surface area contributed by atoms with Gasteiger partial charge in [-0.25, -0.2) is 0 Å². The molecule has 0 saturated heterocycles. The van der Waals surface area contributed by atoms with Gasteiger partial charge < -0.3 is 25.6 Å². The Morgan fingerprint density at radius 2 is 1.60 bits per heavy atom. The van der Waals surface area contributed by atoms with Crippen LogP contribution in [0.15, 0.2) is 30.4 Å². The quantitative estimate of drug-likeness (QED) is 0.0863. The van der Waals surface area contributed by atoms with E-state index < -0.39 is 0 Å². The van der Waals surface area contributed by atoms with Crippen molar-refractivity contribution in [2.45, 2.75) is 109 Å². The van der Waals surface area contributed by atoms with E-state index in [1.54, 1.807) is 7.11 Å². The number of methoxy groups -OCH3 is 1. The molecule has 1 atom stereocenters. The molecule has 0 saturated carbocycles. The van der Waals surface area contributed by atoms with E-state index in [-0.39, 0.29) is 11.2 Å². The standard InChI is InChI=1S/C29H50N2O3S/c1-3-4-5-6-7-8-9-10-11-12-13-14-15-16-17-18-26(31-29(32)35)23-25-19-20-27(34-22-21-30)28(24-25)33-2/h10-11,19-20,24,26H,3-9,12-18,21-23,30H2,1-2H3,(H2,31,32,35)/b11-10-. The van der Waals surface area contributed by atoms with Crippen LogP contribution in [0.3, 0.4) is 0 Å². The molecule has 0 aliphatic carbocycles. The number of thiocarbonyl (C=S) groups is 1. The number of nitrogens with two attached hydrogens (primary N) is 1. The van der Waals surface area contributed by atoms with Gasteiger partial charge in [0.2, 0.25) is 0 Å². The summed E-state index contributed by atoms with van der Waals surface area (Å²) in [6.07, 6.45) is 23.2. The number of benzene rings is 1. The van der Waals surface area contributed by atoms with Gasteiger partial charge in [-0.15, -0.1) is 0 Å². The highest BCUT2D eigenvalue weighted by Crippen LogP contribution is 2.28. The molecule has 5 nitrogen and oxygen atoms in total. The summed E-state index contributed by atoms with van der Waals surface area (Å²) in [5, 5.41) is 12.5. The molecular weight excluding hydrogens is 456 g/mol. The first kappa shape index (κ1) is 31.2. The van der Waals surface area contributed by atoms with E-state index in [0.717, 1.165) is 24.8 Å². The van der Waals surface area contributed by atoms with Crippen LogP contribution in [0.5, 0.6) is 11.5 Å². The fourth-order valence-electron chi connectivity index (χ4n) is 4.27. The number of unbranched alkanes of at least 4 members (excludes halogenated alkanes) is 11. The average Bonchev–Trinajstić information content (AvgIpc) is 2.85.